The lowest BCUT2D eigenvalue weighted by Crippen LogP contribution is -3.00. The number of benzene rings is 2. The van der Waals surface area contributed by atoms with Crippen LogP contribution in [0.3, 0.4) is 0 Å². The van der Waals surface area contributed by atoms with E-state index in [1.54, 1.807) is 43.3 Å². The van der Waals surface area contributed by atoms with E-state index in [9.17, 15) is 14.0 Å². The van der Waals surface area contributed by atoms with Gasteiger partial charge >= 0.3 is 5.97 Å². The van der Waals surface area contributed by atoms with E-state index in [0.717, 1.165) is 42.0 Å². The molecule has 5 nitrogen and oxygen atoms in total. The van der Waals surface area contributed by atoms with Crippen molar-refractivity contribution in [2.45, 2.75) is 39.3 Å². The Kier molecular flexibility index (Phi) is 7.23. The number of Topliss-reactive ketones (excluding diaryl/α,β-unsaturated/α-hetero) is 1. The minimum absolute atomic E-state index is 0. The second-order valence-corrected chi connectivity index (χ2v) is 7.45. The molecule has 0 atom stereocenters. The number of carbonyl (C=O) groups excluding carboxylic acids is 2. The minimum Gasteiger partial charge on any atom is -1.00 e. The molecule has 0 bridgehead atoms. The fourth-order valence-corrected chi connectivity index (χ4v) is 3.94. The van der Waals surface area contributed by atoms with Gasteiger partial charge in [0.2, 0.25) is 0 Å². The number of esters is 1. The lowest BCUT2D eigenvalue weighted by molar-refractivity contribution is -0.690. The molecule has 0 N–H and O–H groups in total. The van der Waals surface area contributed by atoms with Crippen LogP contribution in [0.5, 0.6) is 0 Å². The standard InChI is InChI=1S/C24H24FN2O3.ClH/c1-2-30-24(29)19-7-5-17(6-8-19)14-21(28)15-26-16-22(27-13-3-4-23(26)27)18-9-11-20(25)12-10-18;/h5-12,16H,2-4,13-15H2,1H3;1H/q+1;/p-1. The Labute approximate surface area is 186 Å². The van der Waals surface area contributed by atoms with Crippen LogP contribution in [0.4, 0.5) is 4.39 Å². The summed E-state index contributed by atoms with van der Waals surface area (Å²) in [5, 5.41) is 0. The Morgan fingerprint density at radius 2 is 1.81 bits per heavy atom. The zero-order valence-corrected chi connectivity index (χ0v) is 18.1. The van der Waals surface area contributed by atoms with E-state index < -0.39 is 0 Å². The second-order valence-electron chi connectivity index (χ2n) is 7.45. The van der Waals surface area contributed by atoms with Crippen LogP contribution in [0.2, 0.25) is 0 Å². The van der Waals surface area contributed by atoms with Gasteiger partial charge < -0.3 is 17.1 Å². The van der Waals surface area contributed by atoms with E-state index in [-0.39, 0.29) is 36.5 Å². The third-order valence-corrected chi connectivity index (χ3v) is 5.35. The number of ketones is 1. The first-order chi connectivity index (χ1) is 14.5. The lowest BCUT2D eigenvalue weighted by Gasteiger charge is -2.04. The number of nitrogens with zero attached hydrogens (tertiary/aromatic N) is 2. The summed E-state index contributed by atoms with van der Waals surface area (Å²) < 4.78 is 22.5. The van der Waals surface area contributed by atoms with Crippen molar-refractivity contribution in [3.63, 3.8) is 0 Å². The summed E-state index contributed by atoms with van der Waals surface area (Å²) in [6.07, 6.45) is 4.24. The number of halogens is 2. The SMILES string of the molecule is CCOC(=O)c1ccc(CC(=O)C[n+]2cc(-c3ccc(F)cc3)n3c2CCC3)cc1.[Cl-]. The van der Waals surface area contributed by atoms with Gasteiger partial charge in [-0.3, -0.25) is 4.79 Å². The van der Waals surface area contributed by atoms with Gasteiger partial charge in [-0.05, 0) is 55.3 Å². The molecule has 1 aliphatic rings. The predicted octanol–water partition coefficient (Wildman–Crippen LogP) is 0.520. The van der Waals surface area contributed by atoms with Gasteiger partial charge in [-0.1, -0.05) is 12.1 Å². The summed E-state index contributed by atoms with van der Waals surface area (Å²) >= 11 is 0. The molecular formula is C24H24ClFN2O3. The van der Waals surface area contributed by atoms with E-state index in [2.05, 4.69) is 4.57 Å². The number of imidazole rings is 1. The number of rotatable bonds is 7. The first-order valence-electron chi connectivity index (χ1n) is 10.2. The van der Waals surface area contributed by atoms with Crippen LogP contribution in [0.15, 0.2) is 54.7 Å². The van der Waals surface area contributed by atoms with Crippen LogP contribution < -0.4 is 17.0 Å². The molecule has 0 spiro atoms. The zero-order chi connectivity index (χ0) is 21.1. The smallest absolute Gasteiger partial charge is 0.338 e. The number of hydrogen-bond acceptors (Lipinski definition) is 3. The predicted molar refractivity (Wildman–Crippen MR) is 109 cm³/mol. The monoisotopic (exact) mass is 442 g/mol. The van der Waals surface area contributed by atoms with Crippen LogP contribution in [0.1, 0.15) is 35.1 Å². The van der Waals surface area contributed by atoms with Crippen LogP contribution in [-0.4, -0.2) is 22.9 Å². The van der Waals surface area contributed by atoms with Crippen molar-refractivity contribution in [1.29, 1.82) is 0 Å². The van der Waals surface area contributed by atoms with Gasteiger partial charge in [-0.15, -0.1) is 0 Å². The molecule has 0 radical (unpaired) electrons. The van der Waals surface area contributed by atoms with E-state index in [1.807, 2.05) is 10.8 Å². The van der Waals surface area contributed by atoms with Crippen molar-refractivity contribution in [2.24, 2.45) is 0 Å². The van der Waals surface area contributed by atoms with E-state index >= 15 is 0 Å². The third-order valence-electron chi connectivity index (χ3n) is 5.35. The van der Waals surface area contributed by atoms with Gasteiger partial charge in [0.15, 0.2) is 11.5 Å². The molecule has 2 aromatic carbocycles. The lowest BCUT2D eigenvalue weighted by atomic mass is 10.1. The van der Waals surface area contributed by atoms with Crippen molar-refractivity contribution in [3.05, 3.63) is 77.5 Å². The molecule has 31 heavy (non-hydrogen) atoms. The summed E-state index contributed by atoms with van der Waals surface area (Å²) in [7, 11) is 0. The Balaban J connectivity index is 0.00000272. The Morgan fingerprint density at radius 1 is 1.10 bits per heavy atom. The van der Waals surface area contributed by atoms with Crippen LogP contribution >= 0.6 is 0 Å². The molecule has 162 valence electrons. The van der Waals surface area contributed by atoms with Gasteiger partial charge in [0.25, 0.3) is 5.82 Å². The average Bonchev–Trinajstić information content (AvgIpc) is 3.33. The minimum atomic E-state index is -0.358. The fourth-order valence-electron chi connectivity index (χ4n) is 3.94. The highest BCUT2D eigenvalue weighted by Crippen LogP contribution is 2.25. The van der Waals surface area contributed by atoms with Crippen molar-refractivity contribution in [3.8, 4) is 11.3 Å². The normalized spacial score (nSPS) is 12.2. The molecule has 0 saturated carbocycles. The van der Waals surface area contributed by atoms with Crippen LogP contribution in [0, 0.1) is 5.82 Å². The van der Waals surface area contributed by atoms with Gasteiger partial charge in [-0.25, -0.2) is 18.3 Å². The zero-order valence-electron chi connectivity index (χ0n) is 17.3. The summed E-state index contributed by atoms with van der Waals surface area (Å²) in [4.78, 5) is 24.5. The Bertz CT molecular complexity index is 1080. The molecule has 4 rings (SSSR count). The molecule has 0 amide bonds. The Hall–Kier alpha value is -2.99. The van der Waals surface area contributed by atoms with Gasteiger partial charge in [0.05, 0.1) is 25.1 Å². The number of carbonyl (C=O) groups is 2. The van der Waals surface area contributed by atoms with E-state index in [4.69, 9.17) is 4.74 Å². The number of aromatic nitrogens is 2. The molecule has 0 fully saturated rings. The van der Waals surface area contributed by atoms with Crippen molar-refractivity contribution in [2.75, 3.05) is 6.61 Å². The topological polar surface area (TPSA) is 52.2 Å². The average molecular weight is 443 g/mol. The summed E-state index contributed by atoms with van der Waals surface area (Å²) in [6, 6.07) is 13.4. The summed E-state index contributed by atoms with van der Waals surface area (Å²) in [6.45, 7) is 3.29. The first kappa shape index (κ1) is 22.7. The molecule has 0 unspecified atom stereocenters. The maximum atomic E-state index is 13.3. The maximum absolute atomic E-state index is 13.3. The van der Waals surface area contributed by atoms with Gasteiger partial charge in [0, 0.05) is 12.0 Å². The van der Waals surface area contributed by atoms with Gasteiger partial charge in [0.1, 0.15) is 18.6 Å². The van der Waals surface area contributed by atoms with Crippen molar-refractivity contribution in [1.82, 2.24) is 4.57 Å². The first-order valence-corrected chi connectivity index (χ1v) is 10.2. The fraction of sp³-hybridized carbons (Fsp3) is 0.292. The highest BCUT2D eigenvalue weighted by atomic mass is 35.5. The number of hydrogen-bond donors (Lipinski definition) is 0. The molecule has 2 heterocycles. The quantitative estimate of drug-likeness (QED) is 0.396. The molecule has 0 aliphatic carbocycles. The van der Waals surface area contributed by atoms with Gasteiger partial charge in [-0.2, -0.15) is 0 Å². The van der Waals surface area contributed by atoms with E-state index in [1.165, 1.54) is 12.1 Å². The second kappa shape index (κ2) is 9.88. The molecule has 1 aliphatic heterocycles. The highest BCUT2D eigenvalue weighted by molar-refractivity contribution is 5.89. The van der Waals surface area contributed by atoms with Crippen molar-refractivity contribution >= 4 is 11.8 Å². The molecule has 7 heteroatoms. The largest absolute Gasteiger partial charge is 1.00 e. The molecule has 3 aromatic rings. The number of fused-ring (bicyclic) bond motifs is 1. The number of ether oxygens (including phenoxy) is 1. The third kappa shape index (κ3) is 5.02. The highest BCUT2D eigenvalue weighted by Gasteiger charge is 2.29. The van der Waals surface area contributed by atoms with Crippen molar-refractivity contribution < 1.29 is 35.7 Å². The maximum Gasteiger partial charge on any atom is 0.338 e. The van der Waals surface area contributed by atoms with E-state index in [0.29, 0.717) is 18.6 Å². The molecule has 0 saturated heterocycles. The Morgan fingerprint density at radius 3 is 2.48 bits per heavy atom. The van der Waals surface area contributed by atoms with Crippen LogP contribution in [0.25, 0.3) is 11.3 Å². The van der Waals surface area contributed by atoms with Crippen LogP contribution in [-0.2, 0) is 35.5 Å². The summed E-state index contributed by atoms with van der Waals surface area (Å²) in [5.74, 6) is 0.600. The molecule has 1 aromatic heterocycles. The molecular weight excluding hydrogens is 419 g/mol. The summed E-state index contributed by atoms with van der Waals surface area (Å²) in [5.41, 5.74) is 3.30.